The third-order valence-corrected chi connectivity index (χ3v) is 4.01. The van der Waals surface area contributed by atoms with E-state index in [0.717, 1.165) is 30.0 Å². The Hall–Kier alpha value is -1.10. The highest BCUT2D eigenvalue weighted by Gasteiger charge is 2.27. The maximum atomic E-state index is 5.87. The van der Waals surface area contributed by atoms with Crippen LogP contribution in [0.1, 0.15) is 43.9 Å². The van der Waals surface area contributed by atoms with Gasteiger partial charge in [-0.05, 0) is 32.6 Å². The predicted octanol–water partition coefficient (Wildman–Crippen LogP) is 2.13. The number of hydrogen-bond acceptors (Lipinski definition) is 3. The van der Waals surface area contributed by atoms with Crippen molar-refractivity contribution in [2.45, 2.75) is 45.6 Å². The van der Waals surface area contributed by atoms with Crippen molar-refractivity contribution in [1.29, 1.82) is 0 Å². The molecule has 100 valence electrons. The van der Waals surface area contributed by atoms with Gasteiger partial charge in [0.05, 0.1) is 11.3 Å². The van der Waals surface area contributed by atoms with Gasteiger partial charge in [0.2, 0.25) is 0 Å². The van der Waals surface area contributed by atoms with E-state index in [9.17, 15) is 0 Å². The Morgan fingerprint density at radius 2 is 2.22 bits per heavy atom. The van der Waals surface area contributed by atoms with E-state index in [0.29, 0.717) is 11.0 Å². The standard InChI is InChI=1S/C13H22N4S/c1-4-10-7-5-6-8-17(10)13-11(12(14)18)9(2)15-16(13)3/h10H,4-8H2,1-3H3,(H2,14,18). The second kappa shape index (κ2) is 5.26. The smallest absolute Gasteiger partial charge is 0.137 e. The monoisotopic (exact) mass is 266 g/mol. The third kappa shape index (κ3) is 2.23. The number of thiocarbonyl (C=S) groups is 1. The lowest BCUT2D eigenvalue weighted by Crippen LogP contribution is -2.41. The Labute approximate surface area is 114 Å². The van der Waals surface area contributed by atoms with Gasteiger partial charge in [-0.3, -0.25) is 4.68 Å². The molecule has 1 unspecified atom stereocenters. The molecule has 0 radical (unpaired) electrons. The summed E-state index contributed by atoms with van der Waals surface area (Å²) >= 11 is 5.19. The van der Waals surface area contributed by atoms with Gasteiger partial charge in [-0.25, -0.2) is 0 Å². The van der Waals surface area contributed by atoms with Crippen LogP contribution in [-0.2, 0) is 7.05 Å². The first-order valence-corrected chi connectivity index (χ1v) is 7.07. The van der Waals surface area contributed by atoms with Crippen molar-refractivity contribution < 1.29 is 0 Å². The minimum Gasteiger partial charge on any atom is -0.389 e. The summed E-state index contributed by atoms with van der Waals surface area (Å²) in [5, 5.41) is 4.48. The van der Waals surface area contributed by atoms with E-state index in [1.807, 2.05) is 18.7 Å². The summed E-state index contributed by atoms with van der Waals surface area (Å²) in [5.41, 5.74) is 7.76. The zero-order chi connectivity index (χ0) is 13.3. The summed E-state index contributed by atoms with van der Waals surface area (Å²) in [6.45, 7) is 5.29. The molecule has 1 aliphatic heterocycles. The van der Waals surface area contributed by atoms with Gasteiger partial charge in [-0.2, -0.15) is 5.10 Å². The summed E-state index contributed by atoms with van der Waals surface area (Å²) in [4.78, 5) is 2.90. The number of aromatic nitrogens is 2. The molecule has 4 nitrogen and oxygen atoms in total. The summed E-state index contributed by atoms with van der Waals surface area (Å²) in [7, 11) is 1.98. The summed E-state index contributed by atoms with van der Waals surface area (Å²) < 4.78 is 1.93. The number of anilines is 1. The molecule has 2 heterocycles. The van der Waals surface area contributed by atoms with Crippen molar-refractivity contribution in [1.82, 2.24) is 9.78 Å². The third-order valence-electron chi connectivity index (χ3n) is 3.81. The highest BCUT2D eigenvalue weighted by Crippen LogP contribution is 2.30. The van der Waals surface area contributed by atoms with Crippen LogP contribution in [0.25, 0.3) is 0 Å². The lowest BCUT2D eigenvalue weighted by Gasteiger charge is -2.37. The van der Waals surface area contributed by atoms with Crippen LogP contribution in [0, 0.1) is 6.92 Å². The molecule has 1 aromatic rings. The van der Waals surface area contributed by atoms with Crippen LogP contribution in [0.5, 0.6) is 0 Å². The molecule has 1 fully saturated rings. The molecule has 0 aromatic carbocycles. The Balaban J connectivity index is 2.45. The van der Waals surface area contributed by atoms with Gasteiger partial charge in [0.15, 0.2) is 0 Å². The molecule has 0 spiro atoms. The molecular formula is C13H22N4S. The normalized spacial score (nSPS) is 20.2. The summed E-state index contributed by atoms with van der Waals surface area (Å²) in [6.07, 6.45) is 4.95. The minimum atomic E-state index is 0.455. The molecule has 1 atom stereocenters. The van der Waals surface area contributed by atoms with Gasteiger partial charge in [0.1, 0.15) is 10.8 Å². The fourth-order valence-corrected chi connectivity index (χ4v) is 3.21. The average molecular weight is 266 g/mol. The molecule has 5 heteroatoms. The minimum absolute atomic E-state index is 0.455. The van der Waals surface area contributed by atoms with E-state index in [1.54, 1.807) is 0 Å². The molecule has 2 N–H and O–H groups in total. The van der Waals surface area contributed by atoms with Gasteiger partial charge in [0, 0.05) is 19.6 Å². The Morgan fingerprint density at radius 3 is 2.83 bits per heavy atom. The van der Waals surface area contributed by atoms with E-state index in [4.69, 9.17) is 18.0 Å². The zero-order valence-corrected chi connectivity index (χ0v) is 12.3. The molecule has 1 saturated heterocycles. The van der Waals surface area contributed by atoms with Crippen LogP contribution < -0.4 is 10.6 Å². The van der Waals surface area contributed by atoms with Crippen molar-refractivity contribution in [3.63, 3.8) is 0 Å². The molecular weight excluding hydrogens is 244 g/mol. The second-order valence-corrected chi connectivity index (χ2v) is 5.46. The number of nitrogens with two attached hydrogens (primary N) is 1. The van der Waals surface area contributed by atoms with Gasteiger partial charge in [0.25, 0.3) is 0 Å². The molecule has 2 rings (SSSR count). The number of piperidine rings is 1. The fourth-order valence-electron chi connectivity index (χ4n) is 2.97. The van der Waals surface area contributed by atoms with Gasteiger partial charge >= 0.3 is 0 Å². The van der Waals surface area contributed by atoms with Crippen LogP contribution in [0.3, 0.4) is 0 Å². The number of nitrogens with zero attached hydrogens (tertiary/aromatic N) is 3. The van der Waals surface area contributed by atoms with E-state index in [1.165, 1.54) is 19.3 Å². The van der Waals surface area contributed by atoms with E-state index >= 15 is 0 Å². The van der Waals surface area contributed by atoms with Crippen LogP contribution in [0.4, 0.5) is 5.82 Å². The maximum absolute atomic E-state index is 5.87. The topological polar surface area (TPSA) is 47.1 Å². The quantitative estimate of drug-likeness (QED) is 0.851. The summed E-state index contributed by atoms with van der Waals surface area (Å²) in [5.74, 6) is 1.10. The van der Waals surface area contributed by atoms with Gasteiger partial charge in [-0.15, -0.1) is 0 Å². The SMILES string of the molecule is CCC1CCCCN1c1c(C(N)=S)c(C)nn1C. The molecule has 0 bridgehead atoms. The van der Waals surface area contributed by atoms with Crippen LogP contribution in [0.2, 0.25) is 0 Å². The van der Waals surface area contributed by atoms with Crippen molar-refractivity contribution in [2.75, 3.05) is 11.4 Å². The lowest BCUT2D eigenvalue weighted by atomic mass is 9.99. The fraction of sp³-hybridized carbons (Fsp3) is 0.692. The highest BCUT2D eigenvalue weighted by atomic mass is 32.1. The highest BCUT2D eigenvalue weighted by molar-refractivity contribution is 7.80. The predicted molar refractivity (Wildman–Crippen MR) is 79.1 cm³/mol. The first-order chi connectivity index (χ1) is 8.56. The van der Waals surface area contributed by atoms with E-state index in [2.05, 4.69) is 16.9 Å². The van der Waals surface area contributed by atoms with Crippen LogP contribution in [0.15, 0.2) is 0 Å². The van der Waals surface area contributed by atoms with E-state index in [-0.39, 0.29) is 0 Å². The first kappa shape index (κ1) is 13.3. The maximum Gasteiger partial charge on any atom is 0.137 e. The van der Waals surface area contributed by atoms with Gasteiger partial charge in [-0.1, -0.05) is 19.1 Å². The number of rotatable bonds is 3. The lowest BCUT2D eigenvalue weighted by molar-refractivity contribution is 0.441. The first-order valence-electron chi connectivity index (χ1n) is 6.66. The number of aryl methyl sites for hydroxylation is 2. The molecule has 18 heavy (non-hydrogen) atoms. The largest absolute Gasteiger partial charge is 0.389 e. The van der Waals surface area contributed by atoms with Crippen LogP contribution in [-0.4, -0.2) is 27.4 Å². The van der Waals surface area contributed by atoms with Crippen LogP contribution >= 0.6 is 12.2 Å². The molecule has 0 amide bonds. The molecule has 0 saturated carbocycles. The number of hydrogen-bond donors (Lipinski definition) is 1. The second-order valence-electron chi connectivity index (χ2n) is 5.02. The van der Waals surface area contributed by atoms with Crippen molar-refractivity contribution in [3.8, 4) is 0 Å². The van der Waals surface area contributed by atoms with Gasteiger partial charge < -0.3 is 10.6 Å². The molecule has 1 aliphatic rings. The van der Waals surface area contributed by atoms with Crippen molar-refractivity contribution in [3.05, 3.63) is 11.3 Å². The van der Waals surface area contributed by atoms with Crippen molar-refractivity contribution in [2.24, 2.45) is 12.8 Å². The Morgan fingerprint density at radius 1 is 1.50 bits per heavy atom. The zero-order valence-electron chi connectivity index (χ0n) is 11.4. The van der Waals surface area contributed by atoms with Crippen molar-refractivity contribution >= 4 is 23.0 Å². The average Bonchev–Trinajstić information content (AvgIpc) is 2.64. The molecule has 1 aromatic heterocycles. The Bertz CT molecular complexity index is 452. The summed E-state index contributed by atoms with van der Waals surface area (Å²) in [6, 6.07) is 0.585. The molecule has 0 aliphatic carbocycles. The Kier molecular flexibility index (Phi) is 3.90. The van der Waals surface area contributed by atoms with E-state index < -0.39 is 0 Å².